The fraction of sp³-hybridized carbons (Fsp3) is 0.333. The van der Waals surface area contributed by atoms with Gasteiger partial charge < -0.3 is 4.90 Å². The Bertz CT molecular complexity index is 866. The molecule has 2 heterocycles. The topological polar surface area (TPSA) is 83.0 Å². The molecule has 1 aliphatic heterocycles. The number of nitrogens with zero attached hydrogens (tertiary/aromatic N) is 3. The number of hydrogen-bond acceptors (Lipinski definition) is 4. The molecule has 10 heteroatoms. The maximum absolute atomic E-state index is 12.7. The summed E-state index contributed by atoms with van der Waals surface area (Å²) in [5, 5.41) is 7.03. The molecule has 1 aliphatic rings. The van der Waals surface area contributed by atoms with Crippen molar-refractivity contribution >= 4 is 47.2 Å². The quantitative estimate of drug-likeness (QED) is 0.777. The van der Waals surface area contributed by atoms with Gasteiger partial charge in [-0.15, -0.1) is 0 Å². The maximum atomic E-state index is 12.7. The SMILES string of the molecule is O=C(Nn1cn[nH]c1=S)C1CCCN(C(=O)c2ccc(Cl)c(Cl)c2)C1. The predicted octanol–water partition coefficient (Wildman–Crippen LogP) is 2.87. The molecular weight excluding hydrogens is 385 g/mol. The van der Waals surface area contributed by atoms with Crippen LogP contribution in [0.5, 0.6) is 0 Å². The molecule has 2 amide bonds. The summed E-state index contributed by atoms with van der Waals surface area (Å²) in [6.45, 7) is 0.921. The summed E-state index contributed by atoms with van der Waals surface area (Å²) in [5.41, 5.74) is 3.13. The monoisotopic (exact) mass is 399 g/mol. The van der Waals surface area contributed by atoms with E-state index in [0.717, 1.165) is 6.42 Å². The molecule has 3 rings (SSSR count). The first kappa shape index (κ1) is 17.9. The van der Waals surface area contributed by atoms with Crippen LogP contribution < -0.4 is 5.43 Å². The molecule has 1 atom stereocenters. The van der Waals surface area contributed by atoms with Gasteiger partial charge >= 0.3 is 0 Å². The Morgan fingerprint density at radius 2 is 2.12 bits per heavy atom. The summed E-state index contributed by atoms with van der Waals surface area (Å²) in [6, 6.07) is 4.76. The van der Waals surface area contributed by atoms with Gasteiger partial charge in [0.2, 0.25) is 10.7 Å². The number of aromatic nitrogens is 3. The molecule has 1 aromatic heterocycles. The second kappa shape index (κ2) is 7.55. The van der Waals surface area contributed by atoms with E-state index in [1.54, 1.807) is 23.1 Å². The van der Waals surface area contributed by atoms with Gasteiger partial charge in [0.15, 0.2) is 0 Å². The van der Waals surface area contributed by atoms with Crippen molar-refractivity contribution in [2.75, 3.05) is 18.5 Å². The Hall–Kier alpha value is -1.90. The van der Waals surface area contributed by atoms with Gasteiger partial charge in [0, 0.05) is 18.7 Å². The van der Waals surface area contributed by atoms with Crippen molar-refractivity contribution in [1.82, 2.24) is 19.8 Å². The summed E-state index contributed by atoms with van der Waals surface area (Å²) in [5.74, 6) is -0.697. The average Bonchev–Trinajstić information content (AvgIpc) is 3.01. The molecule has 0 spiro atoms. The highest BCUT2D eigenvalue weighted by molar-refractivity contribution is 7.71. The van der Waals surface area contributed by atoms with Crippen molar-refractivity contribution in [2.45, 2.75) is 12.8 Å². The first-order valence-electron chi connectivity index (χ1n) is 7.63. The van der Waals surface area contributed by atoms with Gasteiger partial charge in [-0.25, -0.2) is 4.68 Å². The Morgan fingerprint density at radius 3 is 2.80 bits per heavy atom. The molecule has 2 aromatic rings. The standard InChI is InChI=1S/C15H15Cl2N5O2S/c16-11-4-3-9(6-12(11)17)14(24)21-5-1-2-10(7-21)13(23)20-22-8-18-19-15(22)25/h3-4,6,8,10H,1-2,5,7H2,(H,19,25)(H,20,23). The molecule has 0 bridgehead atoms. The van der Waals surface area contributed by atoms with Crippen LogP contribution in [0, 0.1) is 10.7 Å². The fourth-order valence-electron chi connectivity index (χ4n) is 2.73. The highest BCUT2D eigenvalue weighted by Crippen LogP contribution is 2.25. The Labute approximate surface area is 158 Å². The van der Waals surface area contributed by atoms with Crippen LogP contribution in [0.1, 0.15) is 23.2 Å². The smallest absolute Gasteiger partial charge is 0.253 e. The number of hydrogen-bond donors (Lipinski definition) is 2. The zero-order valence-electron chi connectivity index (χ0n) is 13.0. The van der Waals surface area contributed by atoms with Crippen molar-refractivity contribution in [3.8, 4) is 0 Å². The number of amides is 2. The third kappa shape index (κ3) is 4.02. The van der Waals surface area contributed by atoms with Crippen molar-refractivity contribution in [1.29, 1.82) is 0 Å². The Morgan fingerprint density at radius 1 is 1.32 bits per heavy atom. The number of carbonyl (C=O) groups is 2. The minimum atomic E-state index is -0.322. The molecular formula is C15H15Cl2N5O2S. The van der Waals surface area contributed by atoms with Crippen LogP contribution in [-0.4, -0.2) is 44.7 Å². The predicted molar refractivity (Wildman–Crippen MR) is 96.9 cm³/mol. The molecule has 132 valence electrons. The van der Waals surface area contributed by atoms with Crippen LogP contribution in [0.25, 0.3) is 0 Å². The minimum absolute atomic E-state index is 0.170. The molecule has 1 saturated heterocycles. The summed E-state index contributed by atoms with van der Waals surface area (Å²) in [6.07, 6.45) is 2.83. The van der Waals surface area contributed by atoms with E-state index in [2.05, 4.69) is 15.6 Å². The van der Waals surface area contributed by atoms with Crippen LogP contribution >= 0.6 is 35.4 Å². The summed E-state index contributed by atoms with van der Waals surface area (Å²) >= 11 is 16.9. The van der Waals surface area contributed by atoms with E-state index in [9.17, 15) is 9.59 Å². The molecule has 25 heavy (non-hydrogen) atoms. The zero-order chi connectivity index (χ0) is 18.0. The molecule has 1 fully saturated rings. The van der Waals surface area contributed by atoms with E-state index in [1.807, 2.05) is 0 Å². The number of rotatable bonds is 3. The zero-order valence-corrected chi connectivity index (χ0v) is 15.4. The molecule has 1 aromatic carbocycles. The Kier molecular flexibility index (Phi) is 5.41. The van der Waals surface area contributed by atoms with E-state index < -0.39 is 0 Å². The number of piperidine rings is 1. The summed E-state index contributed by atoms with van der Waals surface area (Å²) in [7, 11) is 0. The number of nitrogens with one attached hydrogen (secondary N) is 2. The van der Waals surface area contributed by atoms with Crippen molar-refractivity contribution in [3.05, 3.63) is 44.9 Å². The molecule has 0 radical (unpaired) electrons. The van der Waals surface area contributed by atoms with Gasteiger partial charge in [-0.2, -0.15) is 5.10 Å². The van der Waals surface area contributed by atoms with E-state index in [0.29, 0.717) is 39.9 Å². The number of H-pyrrole nitrogens is 1. The van der Waals surface area contributed by atoms with E-state index in [1.165, 1.54) is 11.0 Å². The molecule has 2 N–H and O–H groups in total. The lowest BCUT2D eigenvalue weighted by Crippen LogP contribution is -2.44. The van der Waals surface area contributed by atoms with Gasteiger partial charge in [-0.3, -0.25) is 20.1 Å². The molecule has 0 aliphatic carbocycles. The number of halogens is 2. The third-order valence-corrected chi connectivity index (χ3v) is 5.06. The maximum Gasteiger partial charge on any atom is 0.253 e. The highest BCUT2D eigenvalue weighted by Gasteiger charge is 2.29. The summed E-state index contributed by atoms with van der Waals surface area (Å²) in [4.78, 5) is 26.7. The first-order valence-corrected chi connectivity index (χ1v) is 8.79. The van der Waals surface area contributed by atoms with Crippen LogP contribution in [0.15, 0.2) is 24.5 Å². The van der Waals surface area contributed by atoms with Crippen LogP contribution in [0.2, 0.25) is 10.0 Å². The van der Waals surface area contributed by atoms with Crippen LogP contribution in [0.4, 0.5) is 0 Å². The third-order valence-electron chi connectivity index (χ3n) is 4.03. The van der Waals surface area contributed by atoms with E-state index in [-0.39, 0.29) is 17.7 Å². The fourth-order valence-corrected chi connectivity index (χ4v) is 3.17. The average molecular weight is 400 g/mol. The highest BCUT2D eigenvalue weighted by atomic mass is 35.5. The number of carbonyl (C=O) groups excluding carboxylic acids is 2. The molecule has 1 unspecified atom stereocenters. The largest absolute Gasteiger partial charge is 0.338 e. The van der Waals surface area contributed by atoms with Crippen LogP contribution in [0.3, 0.4) is 0 Å². The van der Waals surface area contributed by atoms with Gasteiger partial charge in [0.1, 0.15) is 6.33 Å². The number of aromatic amines is 1. The van der Waals surface area contributed by atoms with Gasteiger partial charge in [-0.05, 0) is 43.3 Å². The normalized spacial score (nSPS) is 17.4. The number of benzene rings is 1. The molecule has 7 nitrogen and oxygen atoms in total. The lowest BCUT2D eigenvalue weighted by Gasteiger charge is -2.32. The van der Waals surface area contributed by atoms with Gasteiger partial charge in [0.05, 0.1) is 16.0 Å². The minimum Gasteiger partial charge on any atom is -0.338 e. The number of likely N-dealkylation sites (tertiary alicyclic amines) is 1. The lowest BCUT2D eigenvalue weighted by molar-refractivity contribution is -0.122. The second-order valence-corrected chi connectivity index (χ2v) is 6.93. The van der Waals surface area contributed by atoms with Crippen molar-refractivity contribution in [3.63, 3.8) is 0 Å². The van der Waals surface area contributed by atoms with Gasteiger partial charge in [-0.1, -0.05) is 23.2 Å². The molecule has 0 saturated carbocycles. The van der Waals surface area contributed by atoms with Gasteiger partial charge in [0.25, 0.3) is 5.91 Å². The van der Waals surface area contributed by atoms with Crippen LogP contribution in [-0.2, 0) is 4.79 Å². The summed E-state index contributed by atoms with van der Waals surface area (Å²) < 4.78 is 1.64. The van der Waals surface area contributed by atoms with E-state index >= 15 is 0 Å². The van der Waals surface area contributed by atoms with Crippen molar-refractivity contribution in [2.24, 2.45) is 5.92 Å². The first-order chi connectivity index (χ1) is 12.0. The lowest BCUT2D eigenvalue weighted by atomic mass is 9.96. The second-order valence-electron chi connectivity index (χ2n) is 5.73. The Balaban J connectivity index is 1.69. The van der Waals surface area contributed by atoms with Crippen molar-refractivity contribution < 1.29 is 9.59 Å². The van der Waals surface area contributed by atoms with E-state index in [4.69, 9.17) is 35.4 Å².